The van der Waals surface area contributed by atoms with Gasteiger partial charge in [-0.25, -0.2) is 0 Å². The SMILES string of the molecule is COc1cc(/C=C/C(=O)Nc2cccc(NC(=O)C3CC3)c2)ccc1OC(C)C. The van der Waals surface area contributed by atoms with Gasteiger partial charge in [-0.1, -0.05) is 12.1 Å². The molecule has 152 valence electrons. The first-order chi connectivity index (χ1) is 13.9. The van der Waals surface area contributed by atoms with Crippen LogP contribution in [0.15, 0.2) is 48.5 Å². The summed E-state index contributed by atoms with van der Waals surface area (Å²) in [7, 11) is 1.58. The van der Waals surface area contributed by atoms with Gasteiger partial charge in [-0.15, -0.1) is 0 Å². The summed E-state index contributed by atoms with van der Waals surface area (Å²) in [6.45, 7) is 3.90. The van der Waals surface area contributed by atoms with E-state index in [-0.39, 0.29) is 23.8 Å². The second kappa shape index (κ2) is 9.28. The van der Waals surface area contributed by atoms with Gasteiger partial charge < -0.3 is 20.1 Å². The minimum atomic E-state index is -0.267. The molecule has 3 rings (SSSR count). The Kier molecular flexibility index (Phi) is 6.54. The molecule has 1 aliphatic carbocycles. The molecule has 1 fully saturated rings. The first-order valence-corrected chi connectivity index (χ1v) is 9.69. The Balaban J connectivity index is 1.61. The van der Waals surface area contributed by atoms with E-state index in [9.17, 15) is 9.59 Å². The monoisotopic (exact) mass is 394 g/mol. The largest absolute Gasteiger partial charge is 0.493 e. The maximum Gasteiger partial charge on any atom is 0.248 e. The summed E-state index contributed by atoms with van der Waals surface area (Å²) in [5.41, 5.74) is 2.11. The third kappa shape index (κ3) is 6.10. The summed E-state index contributed by atoms with van der Waals surface area (Å²) >= 11 is 0. The molecule has 2 aromatic carbocycles. The van der Waals surface area contributed by atoms with E-state index >= 15 is 0 Å². The number of rotatable bonds is 8. The number of benzene rings is 2. The number of ether oxygens (including phenoxy) is 2. The predicted molar refractivity (Wildman–Crippen MR) is 114 cm³/mol. The highest BCUT2D eigenvalue weighted by atomic mass is 16.5. The predicted octanol–water partition coefficient (Wildman–Crippen LogP) is 4.48. The van der Waals surface area contributed by atoms with Gasteiger partial charge in [-0.3, -0.25) is 9.59 Å². The highest BCUT2D eigenvalue weighted by Crippen LogP contribution is 2.31. The van der Waals surface area contributed by atoms with Crippen molar-refractivity contribution >= 4 is 29.3 Å². The molecule has 0 aromatic heterocycles. The van der Waals surface area contributed by atoms with E-state index in [0.29, 0.717) is 22.9 Å². The summed E-state index contributed by atoms with van der Waals surface area (Å²) in [6.07, 6.45) is 5.09. The summed E-state index contributed by atoms with van der Waals surface area (Å²) in [5.74, 6) is 1.17. The molecular weight excluding hydrogens is 368 g/mol. The van der Waals surface area contributed by atoms with Crippen LogP contribution in [0.25, 0.3) is 6.08 Å². The van der Waals surface area contributed by atoms with Gasteiger partial charge in [-0.05, 0) is 68.7 Å². The quantitative estimate of drug-likeness (QED) is 0.647. The van der Waals surface area contributed by atoms with Crippen molar-refractivity contribution in [3.8, 4) is 11.5 Å². The third-order valence-electron chi connectivity index (χ3n) is 4.32. The lowest BCUT2D eigenvalue weighted by Gasteiger charge is -2.13. The molecule has 0 heterocycles. The molecule has 0 spiro atoms. The molecule has 0 unspecified atom stereocenters. The van der Waals surface area contributed by atoms with Gasteiger partial charge >= 0.3 is 0 Å². The topological polar surface area (TPSA) is 76.7 Å². The molecule has 0 aliphatic heterocycles. The fourth-order valence-electron chi connectivity index (χ4n) is 2.76. The van der Waals surface area contributed by atoms with E-state index in [0.717, 1.165) is 18.4 Å². The Morgan fingerprint density at radius 2 is 1.76 bits per heavy atom. The van der Waals surface area contributed by atoms with Crippen LogP contribution in [0.2, 0.25) is 0 Å². The van der Waals surface area contributed by atoms with Gasteiger partial charge in [-0.2, -0.15) is 0 Å². The Hall–Kier alpha value is -3.28. The molecule has 6 heteroatoms. The molecule has 2 N–H and O–H groups in total. The minimum absolute atomic E-state index is 0.0345. The smallest absolute Gasteiger partial charge is 0.248 e. The van der Waals surface area contributed by atoms with Crippen molar-refractivity contribution in [2.24, 2.45) is 5.92 Å². The van der Waals surface area contributed by atoms with Crippen LogP contribution in [0, 0.1) is 5.92 Å². The molecule has 0 saturated heterocycles. The van der Waals surface area contributed by atoms with Crippen LogP contribution >= 0.6 is 0 Å². The number of carbonyl (C=O) groups excluding carboxylic acids is 2. The van der Waals surface area contributed by atoms with Crippen LogP contribution in [-0.2, 0) is 9.59 Å². The maximum atomic E-state index is 12.3. The first kappa shape index (κ1) is 20.5. The van der Waals surface area contributed by atoms with Gasteiger partial charge in [0.25, 0.3) is 0 Å². The number of anilines is 2. The van der Waals surface area contributed by atoms with Gasteiger partial charge in [0.1, 0.15) is 0 Å². The zero-order valence-corrected chi connectivity index (χ0v) is 16.9. The van der Waals surface area contributed by atoms with Gasteiger partial charge in [0, 0.05) is 23.4 Å². The molecule has 2 amide bonds. The van der Waals surface area contributed by atoms with E-state index in [2.05, 4.69) is 10.6 Å². The number of hydrogen-bond donors (Lipinski definition) is 2. The fraction of sp³-hybridized carbons (Fsp3) is 0.304. The van der Waals surface area contributed by atoms with Crippen LogP contribution < -0.4 is 20.1 Å². The van der Waals surface area contributed by atoms with Gasteiger partial charge in [0.15, 0.2) is 11.5 Å². The third-order valence-corrected chi connectivity index (χ3v) is 4.32. The van der Waals surface area contributed by atoms with Crippen LogP contribution in [0.3, 0.4) is 0 Å². The van der Waals surface area contributed by atoms with Crippen molar-refractivity contribution in [1.82, 2.24) is 0 Å². The lowest BCUT2D eigenvalue weighted by Crippen LogP contribution is -2.14. The first-order valence-electron chi connectivity index (χ1n) is 9.69. The van der Waals surface area contributed by atoms with E-state index in [1.807, 2.05) is 32.0 Å². The summed E-state index contributed by atoms with van der Waals surface area (Å²) in [5, 5.41) is 5.68. The maximum absolute atomic E-state index is 12.3. The number of hydrogen-bond acceptors (Lipinski definition) is 4. The second-order valence-corrected chi connectivity index (χ2v) is 7.24. The summed E-state index contributed by atoms with van der Waals surface area (Å²) < 4.78 is 11.1. The number of carbonyl (C=O) groups is 2. The van der Waals surface area contributed by atoms with Crippen LogP contribution in [-0.4, -0.2) is 25.0 Å². The zero-order valence-electron chi connectivity index (χ0n) is 16.9. The molecular formula is C23H26N2O4. The Bertz CT molecular complexity index is 917. The highest BCUT2D eigenvalue weighted by Gasteiger charge is 2.29. The standard InChI is InChI=1S/C23H26N2O4/c1-15(2)29-20-11-7-16(13-21(20)28-3)8-12-22(26)24-18-5-4-6-19(14-18)25-23(27)17-9-10-17/h4-8,11-15,17H,9-10H2,1-3H3,(H,24,26)(H,25,27)/b12-8+. The fourth-order valence-corrected chi connectivity index (χ4v) is 2.76. The molecule has 29 heavy (non-hydrogen) atoms. The van der Waals surface area contributed by atoms with Crippen molar-refractivity contribution < 1.29 is 19.1 Å². The molecule has 0 atom stereocenters. The van der Waals surface area contributed by atoms with Gasteiger partial charge in [0.2, 0.25) is 11.8 Å². The van der Waals surface area contributed by atoms with Crippen molar-refractivity contribution in [2.75, 3.05) is 17.7 Å². The van der Waals surface area contributed by atoms with Crippen LogP contribution in [0.5, 0.6) is 11.5 Å². The molecule has 2 aromatic rings. The van der Waals surface area contributed by atoms with Crippen molar-refractivity contribution in [3.63, 3.8) is 0 Å². The molecule has 0 bridgehead atoms. The van der Waals surface area contributed by atoms with Gasteiger partial charge in [0.05, 0.1) is 13.2 Å². The number of amides is 2. The Morgan fingerprint density at radius 3 is 2.41 bits per heavy atom. The normalized spacial score (nSPS) is 13.4. The Labute approximate surface area is 170 Å². The highest BCUT2D eigenvalue weighted by molar-refractivity contribution is 6.02. The average molecular weight is 394 g/mol. The number of methoxy groups -OCH3 is 1. The Morgan fingerprint density at radius 1 is 1.03 bits per heavy atom. The summed E-state index contributed by atoms with van der Waals surface area (Å²) in [6, 6.07) is 12.6. The van der Waals surface area contributed by atoms with Crippen molar-refractivity contribution in [3.05, 3.63) is 54.1 Å². The van der Waals surface area contributed by atoms with E-state index < -0.39 is 0 Å². The average Bonchev–Trinajstić information content (AvgIpc) is 3.52. The van der Waals surface area contributed by atoms with Crippen molar-refractivity contribution in [1.29, 1.82) is 0 Å². The van der Waals surface area contributed by atoms with E-state index in [1.54, 1.807) is 37.5 Å². The molecule has 1 saturated carbocycles. The van der Waals surface area contributed by atoms with Crippen LogP contribution in [0.4, 0.5) is 11.4 Å². The van der Waals surface area contributed by atoms with E-state index in [1.165, 1.54) is 6.08 Å². The van der Waals surface area contributed by atoms with E-state index in [4.69, 9.17) is 9.47 Å². The lowest BCUT2D eigenvalue weighted by atomic mass is 10.2. The second-order valence-electron chi connectivity index (χ2n) is 7.24. The van der Waals surface area contributed by atoms with Crippen molar-refractivity contribution in [2.45, 2.75) is 32.8 Å². The summed E-state index contributed by atoms with van der Waals surface area (Å²) in [4.78, 5) is 24.1. The zero-order chi connectivity index (χ0) is 20.8. The number of nitrogens with one attached hydrogen (secondary N) is 2. The van der Waals surface area contributed by atoms with Crippen LogP contribution in [0.1, 0.15) is 32.3 Å². The lowest BCUT2D eigenvalue weighted by molar-refractivity contribution is -0.117. The molecule has 0 radical (unpaired) electrons. The molecule has 1 aliphatic rings. The minimum Gasteiger partial charge on any atom is -0.493 e. The molecule has 6 nitrogen and oxygen atoms in total.